The van der Waals surface area contributed by atoms with E-state index >= 15 is 0 Å². The SMILES string of the molecule is O=C(Nc1c(Br)cc(F)cc1Br)c1ccc(CN2CCCC2)o1. The molecule has 0 atom stereocenters. The zero-order chi connectivity index (χ0) is 16.4. The van der Waals surface area contributed by atoms with E-state index in [4.69, 9.17) is 4.42 Å². The zero-order valence-electron chi connectivity index (χ0n) is 12.2. The average molecular weight is 446 g/mol. The van der Waals surface area contributed by atoms with Gasteiger partial charge in [-0.2, -0.15) is 0 Å². The number of carbonyl (C=O) groups excluding carboxylic acids is 1. The van der Waals surface area contributed by atoms with E-state index in [2.05, 4.69) is 42.1 Å². The van der Waals surface area contributed by atoms with Crippen LogP contribution in [0.25, 0.3) is 0 Å². The molecule has 3 rings (SSSR count). The molecule has 4 nitrogen and oxygen atoms in total. The maximum atomic E-state index is 13.3. The Morgan fingerprint density at radius 3 is 2.52 bits per heavy atom. The van der Waals surface area contributed by atoms with Gasteiger partial charge in [0, 0.05) is 8.95 Å². The van der Waals surface area contributed by atoms with Crippen molar-refractivity contribution in [2.75, 3.05) is 18.4 Å². The van der Waals surface area contributed by atoms with Crippen molar-refractivity contribution in [3.05, 3.63) is 50.5 Å². The first kappa shape index (κ1) is 16.7. The number of halogens is 3. The normalized spacial score (nSPS) is 15.1. The van der Waals surface area contributed by atoms with E-state index in [1.165, 1.54) is 25.0 Å². The van der Waals surface area contributed by atoms with Gasteiger partial charge in [-0.05, 0) is 82.1 Å². The van der Waals surface area contributed by atoms with Crippen molar-refractivity contribution in [3.63, 3.8) is 0 Å². The molecule has 1 N–H and O–H groups in total. The number of nitrogens with one attached hydrogen (secondary N) is 1. The summed E-state index contributed by atoms with van der Waals surface area (Å²) in [6.07, 6.45) is 2.42. The fraction of sp³-hybridized carbons (Fsp3) is 0.312. The van der Waals surface area contributed by atoms with E-state index in [1.54, 1.807) is 6.07 Å². The van der Waals surface area contributed by atoms with Crippen LogP contribution in [0.5, 0.6) is 0 Å². The van der Waals surface area contributed by atoms with E-state index < -0.39 is 5.82 Å². The molecule has 1 aliphatic rings. The molecule has 23 heavy (non-hydrogen) atoms. The van der Waals surface area contributed by atoms with Crippen molar-refractivity contribution >= 4 is 43.5 Å². The Hall–Kier alpha value is -1.18. The highest BCUT2D eigenvalue weighted by Crippen LogP contribution is 2.32. The molecule has 0 unspecified atom stereocenters. The second-order valence-corrected chi connectivity index (χ2v) is 7.16. The Bertz CT molecular complexity index is 704. The number of likely N-dealkylation sites (tertiary alicyclic amines) is 1. The highest BCUT2D eigenvalue weighted by Gasteiger charge is 2.18. The largest absolute Gasteiger partial charge is 0.455 e. The third-order valence-corrected chi connectivity index (χ3v) is 4.96. The first-order valence-electron chi connectivity index (χ1n) is 7.30. The Kier molecular flexibility index (Phi) is 5.18. The second-order valence-electron chi connectivity index (χ2n) is 5.45. The summed E-state index contributed by atoms with van der Waals surface area (Å²) in [7, 11) is 0. The number of hydrogen-bond acceptors (Lipinski definition) is 3. The van der Waals surface area contributed by atoms with Gasteiger partial charge in [0.15, 0.2) is 5.76 Å². The molecule has 2 heterocycles. The minimum atomic E-state index is -0.396. The molecule has 0 spiro atoms. The molecule has 0 saturated carbocycles. The van der Waals surface area contributed by atoms with Gasteiger partial charge in [0.25, 0.3) is 5.91 Å². The van der Waals surface area contributed by atoms with Crippen molar-refractivity contribution < 1.29 is 13.6 Å². The number of hydrogen-bond donors (Lipinski definition) is 1. The predicted octanol–water partition coefficient (Wildman–Crippen LogP) is 4.79. The summed E-state index contributed by atoms with van der Waals surface area (Å²) in [5.74, 6) is 0.245. The fourth-order valence-corrected chi connectivity index (χ4v) is 3.91. The van der Waals surface area contributed by atoms with Gasteiger partial charge < -0.3 is 9.73 Å². The quantitative estimate of drug-likeness (QED) is 0.735. The number of carbonyl (C=O) groups is 1. The van der Waals surface area contributed by atoms with Gasteiger partial charge in [-0.15, -0.1) is 0 Å². The lowest BCUT2D eigenvalue weighted by molar-refractivity contribution is 0.0993. The van der Waals surface area contributed by atoms with Crippen molar-refractivity contribution in [2.24, 2.45) is 0 Å². The van der Waals surface area contributed by atoms with Crippen LogP contribution >= 0.6 is 31.9 Å². The van der Waals surface area contributed by atoms with Crippen molar-refractivity contribution in [1.29, 1.82) is 0 Å². The summed E-state index contributed by atoms with van der Waals surface area (Å²) in [5.41, 5.74) is 0.467. The molecule has 7 heteroatoms. The number of nitrogens with zero attached hydrogens (tertiary/aromatic N) is 1. The van der Waals surface area contributed by atoms with E-state index in [9.17, 15) is 9.18 Å². The third-order valence-electron chi connectivity index (χ3n) is 3.71. The molecule has 122 valence electrons. The molecule has 1 aliphatic heterocycles. The molecule has 1 aromatic heterocycles. The minimum absolute atomic E-state index is 0.238. The molecule has 0 radical (unpaired) electrons. The number of amides is 1. The van der Waals surface area contributed by atoms with Crippen molar-refractivity contribution in [1.82, 2.24) is 4.90 Å². The predicted molar refractivity (Wildman–Crippen MR) is 93.0 cm³/mol. The summed E-state index contributed by atoms with van der Waals surface area (Å²) >= 11 is 6.48. The van der Waals surface area contributed by atoms with Crippen LogP contribution in [0.3, 0.4) is 0 Å². The lowest BCUT2D eigenvalue weighted by atomic mass is 10.3. The number of anilines is 1. The van der Waals surface area contributed by atoms with E-state index in [-0.39, 0.29) is 11.7 Å². The van der Waals surface area contributed by atoms with Crippen molar-refractivity contribution in [3.8, 4) is 0 Å². The van der Waals surface area contributed by atoms with Gasteiger partial charge in [-0.1, -0.05) is 0 Å². The van der Waals surface area contributed by atoms with E-state index in [0.29, 0.717) is 14.6 Å². The fourth-order valence-electron chi connectivity index (χ4n) is 2.58. The molecule has 0 aliphatic carbocycles. The van der Waals surface area contributed by atoms with Crippen molar-refractivity contribution in [2.45, 2.75) is 19.4 Å². The molecule has 2 aromatic rings. The molecule has 1 fully saturated rings. The molecule has 1 aromatic carbocycles. The third kappa shape index (κ3) is 4.02. The van der Waals surface area contributed by atoms with Crippen LogP contribution in [-0.2, 0) is 6.54 Å². The maximum absolute atomic E-state index is 13.3. The summed E-state index contributed by atoms with van der Waals surface area (Å²) < 4.78 is 19.8. The molecule has 1 amide bonds. The van der Waals surface area contributed by atoms with Crippen LogP contribution in [0.4, 0.5) is 10.1 Å². The lowest BCUT2D eigenvalue weighted by Gasteiger charge is -2.12. The maximum Gasteiger partial charge on any atom is 0.291 e. The van der Waals surface area contributed by atoms with Gasteiger partial charge in [0.05, 0.1) is 12.2 Å². The highest BCUT2D eigenvalue weighted by atomic mass is 79.9. The Morgan fingerprint density at radius 2 is 1.87 bits per heavy atom. The van der Waals surface area contributed by atoms with Gasteiger partial charge in [0.2, 0.25) is 0 Å². The molecular formula is C16H15Br2FN2O2. The smallest absolute Gasteiger partial charge is 0.291 e. The highest BCUT2D eigenvalue weighted by molar-refractivity contribution is 9.11. The standard InChI is InChI=1S/C16H15Br2FN2O2/c17-12-7-10(19)8-13(18)15(12)20-16(22)14-4-3-11(23-14)9-21-5-1-2-6-21/h3-4,7-8H,1-2,5-6,9H2,(H,20,22). The van der Waals surface area contributed by atoms with Crippen LogP contribution < -0.4 is 5.32 Å². The first-order chi connectivity index (χ1) is 11.0. The first-order valence-corrected chi connectivity index (χ1v) is 8.88. The number of rotatable bonds is 4. The lowest BCUT2D eigenvalue weighted by Crippen LogP contribution is -2.18. The van der Waals surface area contributed by atoms with Crippen LogP contribution in [-0.4, -0.2) is 23.9 Å². The monoisotopic (exact) mass is 444 g/mol. The zero-order valence-corrected chi connectivity index (χ0v) is 15.4. The summed E-state index contributed by atoms with van der Waals surface area (Å²) in [6, 6.07) is 6.07. The summed E-state index contributed by atoms with van der Waals surface area (Å²) in [4.78, 5) is 14.6. The topological polar surface area (TPSA) is 45.5 Å². The second kappa shape index (κ2) is 7.15. The Balaban J connectivity index is 1.70. The molecule has 0 bridgehead atoms. The number of furan rings is 1. The minimum Gasteiger partial charge on any atom is -0.455 e. The average Bonchev–Trinajstić information content (AvgIpc) is 3.15. The van der Waals surface area contributed by atoms with Gasteiger partial charge in [-0.3, -0.25) is 9.69 Å². The summed E-state index contributed by atoms with van der Waals surface area (Å²) in [5, 5.41) is 2.72. The Morgan fingerprint density at radius 1 is 1.22 bits per heavy atom. The van der Waals surface area contributed by atoms with Gasteiger partial charge >= 0.3 is 0 Å². The van der Waals surface area contributed by atoms with Crippen LogP contribution in [0, 0.1) is 5.82 Å². The van der Waals surface area contributed by atoms with Gasteiger partial charge in [-0.25, -0.2) is 4.39 Å². The summed E-state index contributed by atoms with van der Waals surface area (Å²) in [6.45, 7) is 2.85. The van der Waals surface area contributed by atoms with Crippen LogP contribution in [0.15, 0.2) is 37.6 Å². The number of benzene rings is 1. The molecule has 1 saturated heterocycles. The van der Waals surface area contributed by atoms with E-state index in [0.717, 1.165) is 25.4 Å². The molecular weight excluding hydrogens is 431 g/mol. The van der Waals surface area contributed by atoms with Crippen LogP contribution in [0.2, 0.25) is 0 Å². The van der Waals surface area contributed by atoms with E-state index in [1.807, 2.05) is 6.07 Å². The van der Waals surface area contributed by atoms with Gasteiger partial charge in [0.1, 0.15) is 11.6 Å². The van der Waals surface area contributed by atoms with Crippen LogP contribution in [0.1, 0.15) is 29.2 Å². The Labute approximate surface area is 150 Å².